The van der Waals surface area contributed by atoms with Gasteiger partial charge in [0.1, 0.15) is 59.9 Å². The van der Waals surface area contributed by atoms with Crippen LogP contribution in [0.15, 0.2) is 251 Å². The highest BCUT2D eigenvalue weighted by molar-refractivity contribution is 5.99. The maximum absolute atomic E-state index is 16.1. The lowest BCUT2D eigenvalue weighted by Gasteiger charge is -2.67. The summed E-state index contributed by atoms with van der Waals surface area (Å²) in [6, 6.07) is 45.4. The Bertz CT molecular complexity index is 5910. The lowest BCUT2D eigenvalue weighted by atomic mass is 9.44. The van der Waals surface area contributed by atoms with Crippen molar-refractivity contribution in [2.75, 3.05) is 13.2 Å². The summed E-state index contributed by atoms with van der Waals surface area (Å²) in [5.74, 6) is -16.2. The maximum Gasteiger partial charge on any atom is 0.350 e. The van der Waals surface area contributed by atoms with Crippen LogP contribution >= 0.6 is 0 Å². The molecule has 0 aromatic heterocycles. The van der Waals surface area contributed by atoms with Crippen molar-refractivity contribution in [2.24, 2.45) is 33.5 Å². The molecule has 6 fully saturated rings. The number of ether oxygens (including phenoxy) is 12. The first kappa shape index (κ1) is 112. The Labute approximate surface area is 872 Å². The SMILES string of the molecule is CC(=O)OC1C(=O)C2(C)C(O)CC3OCC3(OC(C)=O)C2C(OC(=O)c2ccccc2)C2(O)CC(OC(=O)C(OC(=O)CC/C(C)=C/CC/C(C)=C/CC/C=C(\C)CC/C=C(\C)CCC(=O)OC(C(=O)OC3CC4(O)C(OC(=O)c5ccccc5)C5C6(OC(C)=O)COC6CC(O)C5(C)C(=O)C(OC(C)=O)C(=C3C)C4(C)C)C(NC(=O)c3ccccc3)c3ccccc3)C(NC(=O)c3ccccc3)c3ccccc3)C(C)=C1C2(C)C. The molecule has 6 aromatic rings. The number of aliphatic hydroxyl groups excluding tert-OH is 2. The highest BCUT2D eigenvalue weighted by Crippen LogP contribution is 2.68. The van der Waals surface area contributed by atoms with Crippen LogP contribution < -0.4 is 10.6 Å². The fourth-order valence-corrected chi connectivity index (χ4v) is 23.7. The topological polar surface area (TPSA) is 455 Å². The summed E-state index contributed by atoms with van der Waals surface area (Å²) in [6.45, 7) is 23.4. The van der Waals surface area contributed by atoms with Crippen molar-refractivity contribution in [3.05, 3.63) is 284 Å². The van der Waals surface area contributed by atoms with Gasteiger partial charge < -0.3 is 87.9 Å². The molecule has 2 heterocycles. The molecule has 6 aliphatic carbocycles. The number of hydrogen-bond donors (Lipinski definition) is 6. The number of ketones is 2. The van der Waals surface area contributed by atoms with Gasteiger partial charge in [-0.1, -0.05) is 208 Å². The summed E-state index contributed by atoms with van der Waals surface area (Å²) in [5, 5.41) is 59.3. The van der Waals surface area contributed by atoms with Gasteiger partial charge in [0.25, 0.3) is 11.8 Å². The lowest BCUT2D eigenvalue weighted by Crippen LogP contribution is -2.82. The number of benzene rings is 6. The Morgan fingerprint density at radius 1 is 0.387 bits per heavy atom. The standard InChI is InChI=1S/C118H136N2O30/c1-67(41-37-43-69(3)57-59-89(127)145-97(93(77-45-23-17-24-46-77)119-105(131)79-49-27-19-28-50-79)109(135)143-83-63-117(137)103(147-107(133)81-53-31-21-32-54-81)99-113(15,85(125)61-87-115(99,65-139-87)149-75(9)123)101(129)95(141-73(7)121)91(71(83)5)111(117,11)12)39-35-36-40-68(2)42-38-44-70(4)58-60-90(128)146-98(94(78-47-25-18-26-48-78)120-106(132)80-51-29-20-30-52-80)110(136)144-84-64-118(138)104(148-108(134)82-55-33-22-34-56-82)100-114(16,86(126)62-88-116(100,66-140-88)150-76(10)124)102(130)96(142-74(8)122)92(72(84)6)112(118,13)14/h17-34,39-40,43-56,83-88,93-100,103-104,125-126,137-138H,35-38,41-42,57-66H2,1-16H3,(H,119,131)(H,120,132)/b67-39+,68-40+,69-43+,70-44+. The maximum atomic E-state index is 16.1. The zero-order chi connectivity index (χ0) is 109. The number of carbonyl (C=O) groups is 14. The third-order valence-electron chi connectivity index (χ3n) is 32.1. The number of aliphatic hydroxyl groups is 4. The number of unbranched alkanes of at least 4 members (excludes halogenated alkanes) is 1. The largest absolute Gasteiger partial charge is 0.455 e. The Hall–Kier alpha value is -13.5. The highest BCUT2D eigenvalue weighted by Gasteiger charge is 2.81. The van der Waals surface area contributed by atoms with Gasteiger partial charge in [-0.2, -0.15) is 0 Å². The number of allylic oxidation sites excluding steroid dienone is 8. The Morgan fingerprint density at radius 2 is 0.687 bits per heavy atom. The van der Waals surface area contributed by atoms with E-state index in [0.29, 0.717) is 36.8 Å². The van der Waals surface area contributed by atoms with Gasteiger partial charge in [0.15, 0.2) is 35.0 Å². The normalized spacial score (nSPS) is 28.9. The lowest BCUT2D eigenvalue weighted by molar-refractivity contribution is -0.346. The number of rotatable bonds is 37. The van der Waals surface area contributed by atoms with Crippen LogP contribution in [0.25, 0.3) is 0 Å². The molecule has 150 heavy (non-hydrogen) atoms. The third kappa shape index (κ3) is 22.6. The Kier molecular flexibility index (Phi) is 34.5. The molecule has 4 bridgehead atoms. The van der Waals surface area contributed by atoms with E-state index >= 15 is 19.2 Å². The molecular formula is C118H136N2O30. The summed E-state index contributed by atoms with van der Waals surface area (Å²) in [6.07, 6.45) is -10.2. The molecule has 14 rings (SSSR count). The number of hydrogen-bond acceptors (Lipinski definition) is 30. The van der Waals surface area contributed by atoms with Crippen LogP contribution in [0, 0.1) is 33.5 Å². The van der Waals surface area contributed by atoms with E-state index in [1.807, 2.05) is 39.8 Å². The van der Waals surface area contributed by atoms with Gasteiger partial charge in [-0.05, 0) is 189 Å². The molecule has 2 aliphatic heterocycles. The van der Waals surface area contributed by atoms with Gasteiger partial charge >= 0.3 is 59.7 Å². The third-order valence-corrected chi connectivity index (χ3v) is 32.1. The van der Waals surface area contributed by atoms with Crippen molar-refractivity contribution in [3.63, 3.8) is 0 Å². The average molecular weight is 2060 g/mol. The molecule has 22 unspecified atom stereocenters. The van der Waals surface area contributed by atoms with Crippen LogP contribution in [0.1, 0.15) is 265 Å². The summed E-state index contributed by atoms with van der Waals surface area (Å²) < 4.78 is 75.4. The van der Waals surface area contributed by atoms with Gasteiger partial charge in [-0.15, -0.1) is 0 Å². The zero-order valence-corrected chi connectivity index (χ0v) is 87.6. The van der Waals surface area contributed by atoms with Gasteiger partial charge in [0, 0.05) is 88.2 Å². The second kappa shape index (κ2) is 46.1. The van der Waals surface area contributed by atoms with E-state index in [4.69, 9.17) is 56.8 Å². The quantitative estimate of drug-likeness (QED) is 0.00913. The van der Waals surface area contributed by atoms with E-state index in [9.17, 15) is 68.4 Å². The van der Waals surface area contributed by atoms with Crippen molar-refractivity contribution in [1.29, 1.82) is 0 Å². The number of carbonyl (C=O) groups excluding carboxylic acids is 14. The molecule has 32 heteroatoms. The van der Waals surface area contributed by atoms with E-state index < -0.39 is 237 Å². The predicted molar refractivity (Wildman–Crippen MR) is 544 cm³/mol. The van der Waals surface area contributed by atoms with Crippen molar-refractivity contribution in [3.8, 4) is 0 Å². The first-order valence-corrected chi connectivity index (χ1v) is 51.1. The zero-order valence-electron chi connectivity index (χ0n) is 87.6. The van der Waals surface area contributed by atoms with Crippen LogP contribution in [0.3, 0.4) is 0 Å². The fourth-order valence-electron chi connectivity index (χ4n) is 23.7. The minimum atomic E-state index is -2.53. The van der Waals surface area contributed by atoms with E-state index in [-0.39, 0.29) is 96.3 Å². The van der Waals surface area contributed by atoms with Crippen LogP contribution in [-0.4, -0.2) is 212 Å². The van der Waals surface area contributed by atoms with E-state index in [0.717, 1.165) is 62.8 Å². The number of Topliss-reactive ketones (excluding diaryl/α,β-unsaturated/α-hetero) is 2. The van der Waals surface area contributed by atoms with Crippen LogP contribution in [0.2, 0.25) is 0 Å². The summed E-state index contributed by atoms with van der Waals surface area (Å²) >= 11 is 0. The molecule has 32 nitrogen and oxygen atoms in total. The summed E-state index contributed by atoms with van der Waals surface area (Å²) in [7, 11) is 0. The van der Waals surface area contributed by atoms with Crippen molar-refractivity contribution >= 4 is 83.1 Å². The van der Waals surface area contributed by atoms with Crippen LogP contribution in [0.5, 0.6) is 0 Å². The smallest absolute Gasteiger partial charge is 0.350 e. The van der Waals surface area contributed by atoms with Crippen molar-refractivity contribution < 1.29 is 144 Å². The van der Waals surface area contributed by atoms with E-state index in [1.165, 1.54) is 52.0 Å². The van der Waals surface area contributed by atoms with Crippen molar-refractivity contribution in [1.82, 2.24) is 10.6 Å². The number of fused-ring (bicyclic) bond motifs is 10. The molecule has 2 amide bonds. The van der Waals surface area contributed by atoms with Gasteiger partial charge in [-0.25, -0.2) is 19.2 Å². The first-order valence-electron chi connectivity index (χ1n) is 51.1. The minimum Gasteiger partial charge on any atom is -0.455 e. The van der Waals surface area contributed by atoms with Gasteiger partial charge in [-0.3, -0.25) is 47.9 Å². The molecule has 798 valence electrons. The Balaban J connectivity index is 0.644. The molecule has 0 radical (unpaired) electrons. The molecule has 6 N–H and O–H groups in total. The molecule has 8 aliphatic rings. The second-order valence-corrected chi connectivity index (χ2v) is 42.5. The predicted octanol–water partition coefficient (Wildman–Crippen LogP) is 15.3. The number of nitrogens with one attached hydrogen (secondary N) is 2. The van der Waals surface area contributed by atoms with Crippen LogP contribution in [0.4, 0.5) is 0 Å². The van der Waals surface area contributed by atoms with E-state index in [2.05, 4.69) is 22.8 Å². The molecular weight excluding hydrogens is 1930 g/mol. The minimum absolute atomic E-state index is 0.0162. The van der Waals surface area contributed by atoms with Gasteiger partial charge in [0.2, 0.25) is 12.2 Å². The summed E-state index contributed by atoms with van der Waals surface area (Å²) in [5.41, 5.74) is -11.8. The molecule has 4 saturated carbocycles. The number of esters is 10. The Morgan fingerprint density at radius 3 is 0.987 bits per heavy atom. The number of amides is 2. The molecule has 6 aromatic carbocycles. The van der Waals surface area contributed by atoms with Crippen LogP contribution in [-0.2, 0) is 105 Å². The average Bonchev–Trinajstić information content (AvgIpc) is 0.669. The second-order valence-electron chi connectivity index (χ2n) is 42.5. The molecule has 2 saturated heterocycles. The summed E-state index contributed by atoms with van der Waals surface area (Å²) in [4.78, 5) is 206. The monoisotopic (exact) mass is 2060 g/mol. The highest BCUT2D eigenvalue weighted by atomic mass is 16.7. The van der Waals surface area contributed by atoms with E-state index in [1.54, 1.807) is 185 Å². The van der Waals surface area contributed by atoms with Crippen molar-refractivity contribution in [2.45, 2.75) is 308 Å². The molecule has 22 atom stereocenters. The first-order chi connectivity index (χ1) is 71.1. The fraction of sp³-hybridized carbons (Fsp3) is 0.475. The van der Waals surface area contributed by atoms with Gasteiger partial charge in [0.05, 0.1) is 59.2 Å². The molecule has 0 spiro atoms.